The van der Waals surface area contributed by atoms with Gasteiger partial charge in [-0.3, -0.25) is 0 Å². The smallest absolute Gasteiger partial charge is 0.130 e. The number of nitrogens with two attached hydrogens (primary N) is 1. The second-order valence-corrected chi connectivity index (χ2v) is 5.01. The summed E-state index contributed by atoms with van der Waals surface area (Å²) in [7, 11) is 0. The summed E-state index contributed by atoms with van der Waals surface area (Å²) in [5, 5.41) is 10.9. The zero-order valence-corrected chi connectivity index (χ0v) is 11.6. The molecule has 0 fully saturated rings. The third-order valence-electron chi connectivity index (χ3n) is 3.60. The first-order valence-corrected chi connectivity index (χ1v) is 6.50. The first-order chi connectivity index (χ1) is 8.96. The number of hydrogen-bond donors (Lipinski definition) is 2. The van der Waals surface area contributed by atoms with E-state index in [9.17, 15) is 5.11 Å². The molecule has 1 heterocycles. The molecule has 1 aromatic carbocycles. The number of anilines is 1. The van der Waals surface area contributed by atoms with Gasteiger partial charge >= 0.3 is 0 Å². The maximum Gasteiger partial charge on any atom is 0.130 e. The maximum atomic E-state index is 10.9. The molecule has 0 amide bonds. The van der Waals surface area contributed by atoms with Crippen LogP contribution in [-0.2, 0) is 12.0 Å². The SMILES string of the molecule is CCc1ccc(C(C)(O)c2c(C)ccnc2N)cc1. The van der Waals surface area contributed by atoms with Gasteiger partial charge in [0.1, 0.15) is 11.4 Å². The quantitative estimate of drug-likeness (QED) is 0.887. The van der Waals surface area contributed by atoms with E-state index in [-0.39, 0.29) is 0 Å². The third-order valence-corrected chi connectivity index (χ3v) is 3.60. The average Bonchev–Trinajstić information content (AvgIpc) is 2.38. The molecule has 100 valence electrons. The summed E-state index contributed by atoms with van der Waals surface area (Å²) in [6.45, 7) is 5.80. The Labute approximate surface area is 114 Å². The Morgan fingerprint density at radius 2 is 1.84 bits per heavy atom. The summed E-state index contributed by atoms with van der Waals surface area (Å²) in [5.41, 5.74) is 8.49. The van der Waals surface area contributed by atoms with Crippen LogP contribution in [0.4, 0.5) is 5.82 Å². The zero-order chi connectivity index (χ0) is 14.0. The van der Waals surface area contributed by atoms with Crippen LogP contribution >= 0.6 is 0 Å². The molecule has 0 aliphatic heterocycles. The first kappa shape index (κ1) is 13.6. The van der Waals surface area contributed by atoms with Crippen LogP contribution in [0.2, 0.25) is 0 Å². The van der Waals surface area contributed by atoms with Crippen molar-refractivity contribution < 1.29 is 5.11 Å². The minimum atomic E-state index is -1.13. The van der Waals surface area contributed by atoms with Crippen molar-refractivity contribution in [2.45, 2.75) is 32.8 Å². The highest BCUT2D eigenvalue weighted by atomic mass is 16.3. The van der Waals surface area contributed by atoms with Crippen molar-refractivity contribution in [1.82, 2.24) is 4.98 Å². The van der Waals surface area contributed by atoms with Crippen LogP contribution in [0.25, 0.3) is 0 Å². The highest BCUT2D eigenvalue weighted by molar-refractivity contribution is 5.52. The monoisotopic (exact) mass is 256 g/mol. The lowest BCUT2D eigenvalue weighted by Crippen LogP contribution is -2.26. The van der Waals surface area contributed by atoms with Crippen molar-refractivity contribution in [1.29, 1.82) is 0 Å². The normalized spacial score (nSPS) is 14.1. The van der Waals surface area contributed by atoms with Crippen LogP contribution in [0.1, 0.15) is 36.1 Å². The lowest BCUT2D eigenvalue weighted by atomic mass is 9.85. The number of aliphatic hydroxyl groups is 1. The summed E-state index contributed by atoms with van der Waals surface area (Å²) < 4.78 is 0. The van der Waals surface area contributed by atoms with E-state index < -0.39 is 5.60 Å². The van der Waals surface area contributed by atoms with Crippen LogP contribution in [0.3, 0.4) is 0 Å². The Balaban J connectivity index is 2.51. The Morgan fingerprint density at radius 1 is 1.21 bits per heavy atom. The fraction of sp³-hybridized carbons (Fsp3) is 0.312. The van der Waals surface area contributed by atoms with Crippen molar-refractivity contribution in [3.05, 3.63) is 58.8 Å². The van der Waals surface area contributed by atoms with Gasteiger partial charge in [0, 0.05) is 11.8 Å². The van der Waals surface area contributed by atoms with Crippen molar-refractivity contribution in [3.8, 4) is 0 Å². The van der Waals surface area contributed by atoms with E-state index in [4.69, 9.17) is 5.73 Å². The third kappa shape index (κ3) is 2.47. The molecule has 1 aromatic heterocycles. The molecule has 0 bridgehead atoms. The van der Waals surface area contributed by atoms with Crippen LogP contribution in [0.15, 0.2) is 36.5 Å². The molecule has 1 atom stereocenters. The van der Waals surface area contributed by atoms with Gasteiger partial charge in [-0.05, 0) is 43.0 Å². The molecular formula is C16H20N2O. The first-order valence-electron chi connectivity index (χ1n) is 6.50. The van der Waals surface area contributed by atoms with E-state index in [1.165, 1.54) is 5.56 Å². The van der Waals surface area contributed by atoms with E-state index in [2.05, 4.69) is 11.9 Å². The average molecular weight is 256 g/mol. The van der Waals surface area contributed by atoms with E-state index in [0.717, 1.165) is 17.5 Å². The second-order valence-electron chi connectivity index (χ2n) is 5.01. The fourth-order valence-electron chi connectivity index (χ4n) is 2.42. The molecule has 3 N–H and O–H groups in total. The molecule has 0 saturated carbocycles. The summed E-state index contributed by atoms with van der Waals surface area (Å²) in [5.74, 6) is 0.379. The maximum absolute atomic E-state index is 10.9. The van der Waals surface area contributed by atoms with Crippen LogP contribution in [-0.4, -0.2) is 10.1 Å². The number of aryl methyl sites for hydroxylation is 2. The van der Waals surface area contributed by atoms with Crippen molar-refractivity contribution in [2.24, 2.45) is 0 Å². The Bertz CT molecular complexity index is 554. The van der Waals surface area contributed by atoms with E-state index in [1.807, 2.05) is 37.3 Å². The predicted molar refractivity (Wildman–Crippen MR) is 77.9 cm³/mol. The second kappa shape index (κ2) is 5.02. The molecule has 3 nitrogen and oxygen atoms in total. The summed E-state index contributed by atoms with van der Waals surface area (Å²) in [6, 6.07) is 9.83. The van der Waals surface area contributed by atoms with Gasteiger partial charge in [0.15, 0.2) is 0 Å². The predicted octanol–water partition coefficient (Wildman–Crippen LogP) is 2.79. The number of benzene rings is 1. The van der Waals surface area contributed by atoms with Gasteiger partial charge in [0.05, 0.1) is 0 Å². The topological polar surface area (TPSA) is 59.1 Å². The molecule has 0 aliphatic carbocycles. The molecule has 0 spiro atoms. The van der Waals surface area contributed by atoms with Gasteiger partial charge in [-0.25, -0.2) is 4.98 Å². The van der Waals surface area contributed by atoms with Gasteiger partial charge in [0.2, 0.25) is 0 Å². The Hall–Kier alpha value is -1.87. The largest absolute Gasteiger partial charge is 0.383 e. The Morgan fingerprint density at radius 3 is 2.37 bits per heavy atom. The number of pyridine rings is 1. The molecule has 0 radical (unpaired) electrons. The molecule has 19 heavy (non-hydrogen) atoms. The van der Waals surface area contributed by atoms with Crippen LogP contribution in [0, 0.1) is 6.92 Å². The fourth-order valence-corrected chi connectivity index (χ4v) is 2.42. The van der Waals surface area contributed by atoms with Gasteiger partial charge in [-0.2, -0.15) is 0 Å². The molecular weight excluding hydrogens is 236 g/mol. The van der Waals surface area contributed by atoms with E-state index >= 15 is 0 Å². The van der Waals surface area contributed by atoms with Crippen LogP contribution < -0.4 is 5.73 Å². The van der Waals surface area contributed by atoms with E-state index in [1.54, 1.807) is 13.1 Å². The number of hydrogen-bond acceptors (Lipinski definition) is 3. The van der Waals surface area contributed by atoms with Gasteiger partial charge in [0.25, 0.3) is 0 Å². The zero-order valence-electron chi connectivity index (χ0n) is 11.6. The lowest BCUT2D eigenvalue weighted by molar-refractivity contribution is 0.102. The number of aromatic nitrogens is 1. The minimum absolute atomic E-state index is 0.379. The lowest BCUT2D eigenvalue weighted by Gasteiger charge is -2.27. The number of rotatable bonds is 3. The van der Waals surface area contributed by atoms with E-state index in [0.29, 0.717) is 11.4 Å². The molecule has 0 saturated heterocycles. The van der Waals surface area contributed by atoms with Crippen molar-refractivity contribution in [2.75, 3.05) is 5.73 Å². The molecule has 2 aromatic rings. The number of nitrogen functional groups attached to an aromatic ring is 1. The molecule has 2 rings (SSSR count). The summed E-state index contributed by atoms with van der Waals surface area (Å²) in [6.07, 6.45) is 2.64. The molecule has 0 aliphatic rings. The Kier molecular flexibility index (Phi) is 3.58. The van der Waals surface area contributed by atoms with Crippen molar-refractivity contribution in [3.63, 3.8) is 0 Å². The van der Waals surface area contributed by atoms with Gasteiger partial charge in [-0.1, -0.05) is 31.2 Å². The summed E-state index contributed by atoms with van der Waals surface area (Å²) in [4.78, 5) is 4.08. The van der Waals surface area contributed by atoms with Gasteiger partial charge in [-0.15, -0.1) is 0 Å². The molecule has 1 unspecified atom stereocenters. The number of nitrogens with zero attached hydrogens (tertiary/aromatic N) is 1. The summed E-state index contributed by atoms with van der Waals surface area (Å²) >= 11 is 0. The van der Waals surface area contributed by atoms with Gasteiger partial charge < -0.3 is 10.8 Å². The van der Waals surface area contributed by atoms with Crippen LogP contribution in [0.5, 0.6) is 0 Å². The molecule has 3 heteroatoms. The minimum Gasteiger partial charge on any atom is -0.383 e. The highest BCUT2D eigenvalue weighted by Crippen LogP contribution is 2.34. The van der Waals surface area contributed by atoms with Crippen molar-refractivity contribution >= 4 is 5.82 Å². The standard InChI is InChI=1S/C16H20N2O/c1-4-12-5-7-13(8-6-12)16(3,19)14-11(2)9-10-18-15(14)17/h5-10,19H,4H2,1-3H3,(H2,17,18). The highest BCUT2D eigenvalue weighted by Gasteiger charge is 2.29.